The van der Waals surface area contributed by atoms with Crippen LogP contribution >= 0.6 is 11.3 Å². The van der Waals surface area contributed by atoms with Gasteiger partial charge in [-0.1, -0.05) is 31.3 Å². The van der Waals surface area contributed by atoms with E-state index in [4.69, 9.17) is 15.2 Å². The van der Waals surface area contributed by atoms with Crippen molar-refractivity contribution in [3.8, 4) is 11.5 Å². The van der Waals surface area contributed by atoms with E-state index in [1.165, 1.54) is 11.3 Å². The number of aromatic nitrogens is 1. The zero-order valence-electron chi connectivity index (χ0n) is 14.0. The molecule has 2 heterocycles. The minimum atomic E-state index is -0.0733. The first kappa shape index (κ1) is 16.6. The highest BCUT2D eigenvalue weighted by molar-refractivity contribution is 7.16. The number of nitrogens with zero attached hydrogens (tertiary/aromatic N) is 1. The number of ether oxygens (including phenoxy) is 2. The summed E-state index contributed by atoms with van der Waals surface area (Å²) in [7, 11) is 1.62. The number of hydrogen-bond acceptors (Lipinski definition) is 6. The first-order valence-corrected chi connectivity index (χ1v) is 8.66. The molecule has 7 heteroatoms. The number of carbonyl (C=O) groups excluding carboxylic acids is 1. The number of nitrogen functional groups attached to an aromatic ring is 1. The smallest absolute Gasteiger partial charge is 0.226 e. The number of thiazole rings is 1. The Morgan fingerprint density at radius 3 is 2.92 bits per heavy atom. The quantitative estimate of drug-likeness (QED) is 0.867. The lowest BCUT2D eigenvalue weighted by Crippen LogP contribution is -2.22. The second-order valence-corrected chi connectivity index (χ2v) is 7.25. The Labute approximate surface area is 145 Å². The molecular weight excluding hydrogens is 326 g/mol. The molecule has 24 heavy (non-hydrogen) atoms. The zero-order chi connectivity index (χ0) is 17.3. The van der Waals surface area contributed by atoms with Gasteiger partial charge in [0.15, 0.2) is 16.6 Å². The number of amides is 1. The largest absolute Gasteiger partial charge is 0.493 e. The van der Waals surface area contributed by atoms with E-state index in [1.54, 1.807) is 7.11 Å². The summed E-state index contributed by atoms with van der Waals surface area (Å²) in [4.78, 5) is 17.2. The van der Waals surface area contributed by atoms with Gasteiger partial charge in [0.05, 0.1) is 18.6 Å². The summed E-state index contributed by atoms with van der Waals surface area (Å²) >= 11 is 1.41. The summed E-state index contributed by atoms with van der Waals surface area (Å²) in [6, 6.07) is 5.79. The Morgan fingerprint density at radius 1 is 1.42 bits per heavy atom. The molecule has 1 aliphatic heterocycles. The van der Waals surface area contributed by atoms with Crippen LogP contribution in [-0.2, 0) is 4.79 Å². The lowest BCUT2D eigenvalue weighted by Gasteiger charge is -2.23. The minimum absolute atomic E-state index is 0.0572. The molecule has 2 aromatic rings. The molecule has 1 atom stereocenters. The monoisotopic (exact) mass is 347 g/mol. The number of benzene rings is 1. The highest BCUT2D eigenvalue weighted by Gasteiger charge is 2.30. The number of nitrogens with one attached hydrogen (secondary N) is 1. The molecule has 3 rings (SSSR count). The summed E-state index contributed by atoms with van der Waals surface area (Å²) in [5.41, 5.74) is 6.81. The average molecular weight is 347 g/mol. The third-order valence-electron chi connectivity index (χ3n) is 3.80. The van der Waals surface area contributed by atoms with Gasteiger partial charge in [0.2, 0.25) is 5.91 Å². The van der Waals surface area contributed by atoms with Gasteiger partial charge in [-0.3, -0.25) is 4.79 Å². The molecule has 1 aliphatic rings. The fourth-order valence-electron chi connectivity index (χ4n) is 2.68. The highest BCUT2D eigenvalue weighted by atomic mass is 32.1. The van der Waals surface area contributed by atoms with Gasteiger partial charge in [-0.15, -0.1) is 0 Å². The van der Waals surface area contributed by atoms with Crippen molar-refractivity contribution in [2.75, 3.05) is 24.8 Å². The van der Waals surface area contributed by atoms with Crippen LogP contribution in [-0.4, -0.2) is 24.6 Å². The first-order valence-electron chi connectivity index (χ1n) is 7.84. The molecule has 3 N–H and O–H groups in total. The van der Waals surface area contributed by atoms with E-state index in [1.807, 2.05) is 18.2 Å². The van der Waals surface area contributed by atoms with E-state index in [0.717, 1.165) is 10.4 Å². The van der Waals surface area contributed by atoms with E-state index >= 15 is 0 Å². The molecule has 0 bridgehead atoms. The van der Waals surface area contributed by atoms with Gasteiger partial charge in [0.25, 0.3) is 0 Å². The minimum Gasteiger partial charge on any atom is -0.493 e. The Balaban J connectivity index is 1.97. The zero-order valence-corrected chi connectivity index (χ0v) is 14.8. The maximum absolute atomic E-state index is 12.0. The van der Waals surface area contributed by atoms with Crippen molar-refractivity contribution in [3.05, 3.63) is 28.6 Å². The molecule has 0 unspecified atom stereocenters. The second kappa shape index (κ2) is 6.68. The SMILES string of the molecule is COc1ccc([C@@H]2CC(=O)Nc3nc(N)sc32)cc1OCC(C)C. The fourth-order valence-corrected chi connectivity index (χ4v) is 3.60. The summed E-state index contributed by atoms with van der Waals surface area (Å²) in [6.45, 7) is 4.78. The molecule has 128 valence electrons. The number of fused-ring (bicyclic) bond motifs is 1. The van der Waals surface area contributed by atoms with Crippen molar-refractivity contribution >= 4 is 28.2 Å². The van der Waals surface area contributed by atoms with Gasteiger partial charge >= 0.3 is 0 Å². The molecule has 0 aliphatic carbocycles. The van der Waals surface area contributed by atoms with Crippen LogP contribution in [0.4, 0.5) is 10.9 Å². The van der Waals surface area contributed by atoms with Crippen molar-refractivity contribution in [2.24, 2.45) is 5.92 Å². The second-order valence-electron chi connectivity index (χ2n) is 6.18. The van der Waals surface area contributed by atoms with E-state index in [-0.39, 0.29) is 11.8 Å². The Hall–Kier alpha value is -2.28. The van der Waals surface area contributed by atoms with Gasteiger partial charge < -0.3 is 20.5 Å². The van der Waals surface area contributed by atoms with Crippen LogP contribution in [0.15, 0.2) is 18.2 Å². The number of nitrogens with two attached hydrogens (primary N) is 1. The van der Waals surface area contributed by atoms with Crippen LogP contribution in [0, 0.1) is 5.92 Å². The van der Waals surface area contributed by atoms with E-state index in [9.17, 15) is 4.79 Å². The Kier molecular flexibility index (Phi) is 4.62. The third kappa shape index (κ3) is 3.31. The van der Waals surface area contributed by atoms with Crippen molar-refractivity contribution in [1.82, 2.24) is 4.98 Å². The highest BCUT2D eigenvalue weighted by Crippen LogP contribution is 2.43. The van der Waals surface area contributed by atoms with Crippen LogP contribution in [0.2, 0.25) is 0 Å². The lowest BCUT2D eigenvalue weighted by atomic mass is 9.91. The van der Waals surface area contributed by atoms with Crippen LogP contribution in [0.5, 0.6) is 11.5 Å². The van der Waals surface area contributed by atoms with E-state index in [0.29, 0.717) is 41.4 Å². The number of carbonyl (C=O) groups is 1. The van der Waals surface area contributed by atoms with Gasteiger partial charge in [-0.05, 0) is 23.6 Å². The van der Waals surface area contributed by atoms with Crippen LogP contribution in [0.25, 0.3) is 0 Å². The average Bonchev–Trinajstić information content (AvgIpc) is 2.91. The molecule has 0 saturated heterocycles. The van der Waals surface area contributed by atoms with Crippen LogP contribution < -0.4 is 20.5 Å². The Morgan fingerprint density at radius 2 is 2.21 bits per heavy atom. The topological polar surface area (TPSA) is 86.5 Å². The Bertz CT molecular complexity index is 758. The van der Waals surface area contributed by atoms with Crippen molar-refractivity contribution in [1.29, 1.82) is 0 Å². The summed E-state index contributed by atoms with van der Waals surface area (Å²) in [5.74, 6) is 2.22. The number of rotatable bonds is 5. The molecule has 0 spiro atoms. The first-order chi connectivity index (χ1) is 11.5. The molecule has 0 saturated carbocycles. The van der Waals surface area contributed by atoms with E-state index in [2.05, 4.69) is 24.1 Å². The third-order valence-corrected chi connectivity index (χ3v) is 4.79. The van der Waals surface area contributed by atoms with Gasteiger partial charge in [-0.25, -0.2) is 4.98 Å². The summed E-state index contributed by atoms with van der Waals surface area (Å²) < 4.78 is 11.3. The van der Waals surface area contributed by atoms with Crippen molar-refractivity contribution in [3.63, 3.8) is 0 Å². The van der Waals surface area contributed by atoms with Gasteiger partial charge in [0, 0.05) is 12.3 Å². The molecular formula is C17H21N3O3S. The molecule has 1 aromatic carbocycles. The normalized spacial score (nSPS) is 16.7. The van der Waals surface area contributed by atoms with Crippen molar-refractivity contribution < 1.29 is 14.3 Å². The predicted molar refractivity (Wildman–Crippen MR) is 94.9 cm³/mol. The maximum atomic E-state index is 12.0. The predicted octanol–water partition coefficient (Wildman–Crippen LogP) is 3.24. The standard InChI is InChI=1S/C17H21N3O3S/c1-9(2)8-23-13-6-10(4-5-12(13)22-3)11-7-14(21)19-16-15(11)24-17(18)20-16/h4-6,9,11H,7-8H2,1-3H3,(H2,18,20)(H,19,21)/t11-/m0/s1. The maximum Gasteiger partial charge on any atom is 0.226 e. The van der Waals surface area contributed by atoms with Gasteiger partial charge in [-0.2, -0.15) is 0 Å². The molecule has 1 amide bonds. The molecule has 6 nitrogen and oxygen atoms in total. The summed E-state index contributed by atoms with van der Waals surface area (Å²) in [5, 5.41) is 3.24. The molecule has 0 radical (unpaired) electrons. The van der Waals surface area contributed by atoms with Crippen LogP contribution in [0.3, 0.4) is 0 Å². The number of anilines is 2. The molecule has 0 fully saturated rings. The lowest BCUT2D eigenvalue weighted by molar-refractivity contribution is -0.116. The van der Waals surface area contributed by atoms with E-state index < -0.39 is 0 Å². The van der Waals surface area contributed by atoms with Crippen LogP contribution in [0.1, 0.15) is 36.6 Å². The van der Waals surface area contributed by atoms with Gasteiger partial charge in [0.1, 0.15) is 5.82 Å². The number of methoxy groups -OCH3 is 1. The summed E-state index contributed by atoms with van der Waals surface area (Å²) in [6.07, 6.45) is 0.366. The fraction of sp³-hybridized carbons (Fsp3) is 0.412. The number of hydrogen-bond donors (Lipinski definition) is 2. The van der Waals surface area contributed by atoms with Crippen molar-refractivity contribution in [2.45, 2.75) is 26.2 Å². The molecule has 1 aromatic heterocycles.